The Balaban J connectivity index is 1.26. The van der Waals surface area contributed by atoms with Crippen LogP contribution in [-0.2, 0) is 45.9 Å². The molecule has 2 unspecified atom stereocenters. The third kappa shape index (κ3) is 11.0. The van der Waals surface area contributed by atoms with Crippen LogP contribution in [0.1, 0.15) is 45.9 Å². The number of anilines is 1. The quantitative estimate of drug-likeness (QED) is 0.0575. The van der Waals surface area contributed by atoms with Crippen molar-refractivity contribution in [2.24, 2.45) is 0 Å². The Bertz CT molecular complexity index is 2530. The molecule has 27 nitrogen and oxygen atoms in total. The molecular formula is C33H49N7O20P2Si. The standard InChI is InChI=1S/C33H49N7O20P2Si/c1-33(2,3)63(4,5)60-27-26(59-62(51,52)53-14-18-24(44)25(45)28(56-18)39-11-8-22(43)37-32(39)48)19(57-29(27)40-9-6-20(34)35-30(40)46)15-54-61(49,50)58-16-12-23(55-17(16)13-41)38-10-7-21(42)36-31(38)47/h6-11,16-19,23-29,41,44-45H,12-15H2,1-5H3,(H,49,50)(H,51,52)(H2,34,35,46)(H,36,42,47)(H,37,43,48)/t16-,17+,18+,19+,23+,24+,25+,26+,27+,28+,29+/m0/s1. The van der Waals surface area contributed by atoms with Gasteiger partial charge in [-0.25, -0.2) is 23.5 Å². The highest BCUT2D eigenvalue weighted by Gasteiger charge is 2.55. The molecule has 3 saturated heterocycles. The molecule has 6 heterocycles. The first kappa shape index (κ1) is 48.6. The summed E-state index contributed by atoms with van der Waals surface area (Å²) in [5.41, 5.74) is 1.49. The fourth-order valence-corrected chi connectivity index (χ4v) is 9.91. The molecule has 0 amide bonds. The molecule has 63 heavy (non-hydrogen) atoms. The molecule has 0 aliphatic carbocycles. The van der Waals surface area contributed by atoms with Crippen molar-refractivity contribution in [2.45, 2.75) is 113 Å². The van der Waals surface area contributed by atoms with Crippen LogP contribution in [0.5, 0.6) is 0 Å². The zero-order valence-electron chi connectivity index (χ0n) is 34.3. The van der Waals surface area contributed by atoms with E-state index < -0.39 is 145 Å². The fourth-order valence-electron chi connectivity index (χ4n) is 6.70. The van der Waals surface area contributed by atoms with Crippen molar-refractivity contribution < 1.29 is 71.0 Å². The molecule has 3 aromatic rings. The zero-order chi connectivity index (χ0) is 46.4. The van der Waals surface area contributed by atoms with Crippen molar-refractivity contribution in [3.05, 3.63) is 89.0 Å². The summed E-state index contributed by atoms with van der Waals surface area (Å²) in [5.74, 6) is -0.158. The second-order valence-corrected chi connectivity index (χ2v) is 23.9. The number of H-pyrrole nitrogens is 2. The van der Waals surface area contributed by atoms with Crippen LogP contribution in [-0.4, -0.2) is 131 Å². The third-order valence-electron chi connectivity index (χ3n) is 11.0. The molecule has 0 aromatic carbocycles. The van der Waals surface area contributed by atoms with Crippen LogP contribution in [0.3, 0.4) is 0 Å². The molecule has 0 radical (unpaired) electrons. The molecule has 3 aromatic heterocycles. The van der Waals surface area contributed by atoms with Crippen molar-refractivity contribution in [3.8, 4) is 0 Å². The maximum atomic E-state index is 13.8. The summed E-state index contributed by atoms with van der Waals surface area (Å²) in [7, 11) is -13.6. The summed E-state index contributed by atoms with van der Waals surface area (Å²) >= 11 is 0. The Morgan fingerprint density at radius 2 is 1.35 bits per heavy atom. The van der Waals surface area contributed by atoms with E-state index in [2.05, 4.69) is 4.98 Å². The van der Waals surface area contributed by atoms with E-state index in [0.717, 1.165) is 38.2 Å². The van der Waals surface area contributed by atoms with Gasteiger partial charge in [0.2, 0.25) is 0 Å². The van der Waals surface area contributed by atoms with Crippen LogP contribution in [0.2, 0.25) is 18.1 Å². The topological polar surface area (TPSA) is 380 Å². The lowest BCUT2D eigenvalue weighted by Gasteiger charge is -2.40. The molecule has 3 aliphatic rings. The Hall–Kier alpha value is -3.80. The highest BCUT2D eigenvalue weighted by molar-refractivity contribution is 7.47. The summed E-state index contributed by atoms with van der Waals surface area (Å²) in [6.45, 7) is 6.60. The van der Waals surface area contributed by atoms with Crippen LogP contribution >= 0.6 is 15.6 Å². The van der Waals surface area contributed by atoms with Gasteiger partial charge in [-0.1, -0.05) is 20.8 Å². The average Bonchev–Trinajstić information content (AvgIpc) is 3.81. The van der Waals surface area contributed by atoms with Crippen molar-refractivity contribution in [3.63, 3.8) is 0 Å². The molecule has 0 saturated carbocycles. The Morgan fingerprint density at radius 3 is 1.92 bits per heavy atom. The van der Waals surface area contributed by atoms with E-state index in [1.54, 1.807) is 0 Å². The minimum absolute atomic E-state index is 0.158. The first-order chi connectivity index (χ1) is 29.3. The highest BCUT2D eigenvalue weighted by atomic mass is 31.2. The molecule has 13 atom stereocenters. The van der Waals surface area contributed by atoms with Gasteiger partial charge in [0.15, 0.2) is 20.8 Å². The van der Waals surface area contributed by atoms with E-state index in [-0.39, 0.29) is 12.2 Å². The van der Waals surface area contributed by atoms with Gasteiger partial charge in [-0.2, -0.15) is 4.98 Å². The van der Waals surface area contributed by atoms with Crippen LogP contribution in [0.4, 0.5) is 5.82 Å². The van der Waals surface area contributed by atoms with E-state index in [1.807, 2.05) is 43.8 Å². The van der Waals surface area contributed by atoms with Gasteiger partial charge in [-0.15, -0.1) is 0 Å². The maximum absolute atomic E-state index is 13.8. The number of aliphatic hydroxyl groups is 3. The number of phosphoric acid groups is 2. The molecule has 0 bridgehead atoms. The number of aromatic amines is 2. The van der Waals surface area contributed by atoms with Gasteiger partial charge in [0.05, 0.1) is 19.8 Å². The zero-order valence-corrected chi connectivity index (χ0v) is 37.1. The summed E-state index contributed by atoms with van der Waals surface area (Å²) < 4.78 is 75.7. The van der Waals surface area contributed by atoms with E-state index in [4.69, 9.17) is 42.5 Å². The number of rotatable bonds is 16. The summed E-state index contributed by atoms with van der Waals surface area (Å²) in [6, 6.07) is 3.26. The third-order valence-corrected chi connectivity index (χ3v) is 17.4. The maximum Gasteiger partial charge on any atom is 0.472 e. The van der Waals surface area contributed by atoms with Gasteiger partial charge in [-0.3, -0.25) is 51.4 Å². The number of nitrogen functional groups attached to an aromatic ring is 1. The Morgan fingerprint density at radius 1 is 0.794 bits per heavy atom. The van der Waals surface area contributed by atoms with Crippen molar-refractivity contribution in [1.82, 2.24) is 28.7 Å². The highest BCUT2D eigenvalue weighted by Crippen LogP contribution is 2.53. The monoisotopic (exact) mass is 953 g/mol. The lowest BCUT2D eigenvalue weighted by atomic mass is 10.1. The lowest BCUT2D eigenvalue weighted by molar-refractivity contribution is -0.0642. The smallest absolute Gasteiger partial charge is 0.407 e. The SMILES string of the molecule is CC(C)(C)[Si](C)(C)O[C@@H]1[C@H](OP(=O)(O)OC[C@H]2O[C@@H](n3ccc(=O)[nH]c3=O)[C@H](O)[C@@H]2O)[C@@H](COP(=O)(O)O[C@H]2C[C@H](n3ccc(=O)[nH]c3=O)O[C@@H]2CO)O[C@H]1n1ccc(N)nc1=O. The van der Waals surface area contributed by atoms with E-state index in [1.165, 1.54) is 12.3 Å². The summed E-state index contributed by atoms with van der Waals surface area (Å²) in [4.78, 5) is 91.0. The van der Waals surface area contributed by atoms with Crippen LogP contribution in [0, 0.1) is 0 Å². The molecule has 9 N–H and O–H groups in total. The molecule has 3 fully saturated rings. The van der Waals surface area contributed by atoms with Crippen LogP contribution in [0.15, 0.2) is 60.8 Å². The predicted molar refractivity (Wildman–Crippen MR) is 214 cm³/mol. The number of nitrogens with two attached hydrogens (primary N) is 1. The average molecular weight is 954 g/mol. The van der Waals surface area contributed by atoms with Gasteiger partial charge in [0.25, 0.3) is 11.1 Å². The first-order valence-electron chi connectivity index (χ1n) is 19.2. The number of nitrogens with zero attached hydrogens (tertiary/aromatic N) is 4. The van der Waals surface area contributed by atoms with E-state index >= 15 is 0 Å². The molecule has 0 spiro atoms. The van der Waals surface area contributed by atoms with Crippen molar-refractivity contribution in [2.75, 3.05) is 25.6 Å². The summed E-state index contributed by atoms with van der Waals surface area (Å²) in [6.07, 6.45) is -13.9. The molecular weight excluding hydrogens is 904 g/mol. The molecule has 6 rings (SSSR count). The van der Waals surface area contributed by atoms with Crippen molar-refractivity contribution >= 4 is 29.8 Å². The van der Waals surface area contributed by atoms with Crippen LogP contribution in [0.25, 0.3) is 0 Å². The number of hydrogen-bond acceptors (Lipinski definition) is 20. The molecule has 30 heteroatoms. The predicted octanol–water partition coefficient (Wildman–Crippen LogP) is -1.88. The van der Waals surface area contributed by atoms with Gasteiger partial charge in [0.1, 0.15) is 60.9 Å². The normalized spacial score (nSPS) is 30.9. The van der Waals surface area contributed by atoms with Gasteiger partial charge in [0, 0.05) is 37.1 Å². The van der Waals surface area contributed by atoms with Gasteiger partial charge in [-0.05, 0) is 24.2 Å². The number of hydrogen-bond donors (Lipinski definition) is 8. The number of nitrogens with one attached hydrogen (secondary N) is 2. The molecule has 350 valence electrons. The van der Waals surface area contributed by atoms with E-state index in [0.29, 0.717) is 0 Å². The minimum Gasteiger partial charge on any atom is -0.407 e. The van der Waals surface area contributed by atoms with Crippen LogP contribution < -0.4 is 33.9 Å². The molecule has 3 aliphatic heterocycles. The van der Waals surface area contributed by atoms with Gasteiger partial charge < -0.3 is 49.5 Å². The lowest BCUT2D eigenvalue weighted by Crippen LogP contribution is -2.50. The summed E-state index contributed by atoms with van der Waals surface area (Å²) in [5, 5.41) is 30.8. The Kier molecular flexibility index (Phi) is 14.4. The number of aromatic nitrogens is 6. The second kappa shape index (κ2) is 18.6. The number of ether oxygens (including phenoxy) is 3. The van der Waals surface area contributed by atoms with Crippen molar-refractivity contribution in [1.29, 1.82) is 0 Å². The Labute approximate surface area is 356 Å². The number of aliphatic hydroxyl groups excluding tert-OH is 3. The fraction of sp³-hybridized carbons (Fsp3) is 0.636. The number of phosphoric ester groups is 2. The first-order valence-corrected chi connectivity index (χ1v) is 25.1. The minimum atomic E-state index is -5.38. The van der Waals surface area contributed by atoms with E-state index in [9.17, 15) is 58.2 Å². The second-order valence-electron chi connectivity index (χ2n) is 16.3. The largest absolute Gasteiger partial charge is 0.472 e. The van der Waals surface area contributed by atoms with Gasteiger partial charge >= 0.3 is 32.7 Å².